The predicted octanol–water partition coefficient (Wildman–Crippen LogP) is 0.743. The van der Waals surface area contributed by atoms with Gasteiger partial charge in [-0.05, 0) is 51.0 Å². The van der Waals surface area contributed by atoms with E-state index in [4.69, 9.17) is 10.00 Å². The van der Waals surface area contributed by atoms with Crippen LogP contribution in [0.4, 0.5) is 5.69 Å². The number of amides is 1. The van der Waals surface area contributed by atoms with Crippen LogP contribution in [0.1, 0.15) is 32.3 Å². The molecule has 1 aromatic carbocycles. The fourth-order valence-corrected chi connectivity index (χ4v) is 3.01. The van der Waals surface area contributed by atoms with Gasteiger partial charge in [-0.2, -0.15) is 5.26 Å². The molecule has 128 valence electrons. The molecule has 0 spiro atoms. The Morgan fingerprint density at radius 1 is 1.42 bits per heavy atom. The Hall–Kier alpha value is -2.39. The standard InChI is InChI=1S/C18H23N3O3/c1-3-24-18(23)15-5-4-10-21(12-15)13(2)17(22)20-16-8-6-14(11-19)7-9-16/h6-9,13,15H,3-5,10,12H2,1-2H3,(H,20,22)/p+1/t13-,15+/m0/s1. The summed E-state index contributed by atoms with van der Waals surface area (Å²) in [7, 11) is 0. The Kier molecular flexibility index (Phi) is 6.33. The normalized spacial score (nSPS) is 21.4. The summed E-state index contributed by atoms with van der Waals surface area (Å²) >= 11 is 0. The number of likely N-dealkylation sites (tertiary alicyclic amines) is 1. The molecule has 0 radical (unpaired) electrons. The highest BCUT2D eigenvalue weighted by molar-refractivity contribution is 5.93. The first kappa shape index (κ1) is 18.0. The minimum absolute atomic E-state index is 0.0841. The number of nitrogens with one attached hydrogen (secondary N) is 2. The van der Waals surface area contributed by atoms with Crippen molar-refractivity contribution in [1.29, 1.82) is 5.26 Å². The van der Waals surface area contributed by atoms with Gasteiger partial charge in [0.2, 0.25) is 0 Å². The molecule has 6 nitrogen and oxygen atoms in total. The second-order valence-corrected chi connectivity index (χ2v) is 6.10. The van der Waals surface area contributed by atoms with E-state index in [1.165, 1.54) is 0 Å². The number of nitriles is 1. The number of hydrogen-bond acceptors (Lipinski definition) is 4. The number of carbonyl (C=O) groups is 2. The van der Waals surface area contributed by atoms with Gasteiger partial charge in [0.1, 0.15) is 5.92 Å². The molecule has 1 aliphatic heterocycles. The smallest absolute Gasteiger partial charge is 0.314 e. The molecule has 1 aliphatic rings. The Morgan fingerprint density at radius 2 is 2.12 bits per heavy atom. The van der Waals surface area contributed by atoms with Crippen LogP contribution in [0, 0.1) is 17.2 Å². The fourth-order valence-electron chi connectivity index (χ4n) is 3.01. The maximum atomic E-state index is 12.5. The van der Waals surface area contributed by atoms with Crippen molar-refractivity contribution in [3.8, 4) is 6.07 Å². The maximum Gasteiger partial charge on any atom is 0.314 e. The van der Waals surface area contributed by atoms with Gasteiger partial charge in [0.25, 0.3) is 5.91 Å². The minimum Gasteiger partial charge on any atom is -0.466 e. The van der Waals surface area contributed by atoms with Gasteiger partial charge in [0.05, 0.1) is 31.3 Å². The predicted molar refractivity (Wildman–Crippen MR) is 89.3 cm³/mol. The van der Waals surface area contributed by atoms with Crippen LogP contribution in [0.25, 0.3) is 0 Å². The number of piperidine rings is 1. The topological polar surface area (TPSA) is 83.6 Å². The van der Waals surface area contributed by atoms with Crippen LogP contribution in [0.3, 0.4) is 0 Å². The number of rotatable bonds is 5. The lowest BCUT2D eigenvalue weighted by Gasteiger charge is -2.32. The van der Waals surface area contributed by atoms with Crippen molar-refractivity contribution in [2.75, 3.05) is 25.0 Å². The minimum atomic E-state index is -0.252. The highest BCUT2D eigenvalue weighted by Gasteiger charge is 2.34. The van der Waals surface area contributed by atoms with Gasteiger partial charge < -0.3 is 15.0 Å². The molecule has 2 rings (SSSR count). The molecule has 1 saturated heterocycles. The molecule has 2 N–H and O–H groups in total. The third-order valence-electron chi connectivity index (χ3n) is 4.47. The Balaban J connectivity index is 1.94. The largest absolute Gasteiger partial charge is 0.466 e. The molecule has 3 atom stereocenters. The number of ether oxygens (including phenoxy) is 1. The lowest BCUT2D eigenvalue weighted by atomic mass is 9.97. The highest BCUT2D eigenvalue weighted by Crippen LogP contribution is 2.11. The van der Waals surface area contributed by atoms with Gasteiger partial charge in [0, 0.05) is 5.69 Å². The number of anilines is 1. The number of carbonyl (C=O) groups excluding carboxylic acids is 2. The van der Waals surface area contributed by atoms with Crippen molar-refractivity contribution in [3.05, 3.63) is 29.8 Å². The van der Waals surface area contributed by atoms with Crippen LogP contribution in [0.15, 0.2) is 24.3 Å². The van der Waals surface area contributed by atoms with Crippen LogP contribution in [0.5, 0.6) is 0 Å². The third kappa shape index (κ3) is 4.56. The van der Waals surface area contributed by atoms with Crippen molar-refractivity contribution >= 4 is 17.6 Å². The molecule has 1 aromatic rings. The summed E-state index contributed by atoms with van der Waals surface area (Å²) in [5, 5.41) is 11.7. The second kappa shape index (κ2) is 8.46. The molecule has 1 heterocycles. The zero-order valence-electron chi connectivity index (χ0n) is 14.2. The van der Waals surface area contributed by atoms with E-state index in [1.54, 1.807) is 31.2 Å². The Bertz CT molecular complexity index is 621. The van der Waals surface area contributed by atoms with E-state index in [0.717, 1.165) is 24.3 Å². The number of quaternary nitrogens is 1. The molecule has 0 bridgehead atoms. The van der Waals surface area contributed by atoms with Crippen LogP contribution >= 0.6 is 0 Å². The average Bonchev–Trinajstić information content (AvgIpc) is 2.62. The summed E-state index contributed by atoms with van der Waals surface area (Å²) in [4.78, 5) is 25.5. The average molecular weight is 330 g/mol. The van der Waals surface area contributed by atoms with E-state index in [0.29, 0.717) is 24.4 Å². The number of hydrogen-bond donors (Lipinski definition) is 2. The number of nitrogens with zero attached hydrogens (tertiary/aromatic N) is 1. The molecule has 0 aliphatic carbocycles. The Labute approximate surface area is 142 Å². The summed E-state index contributed by atoms with van der Waals surface area (Å²) in [5.74, 6) is -0.368. The number of esters is 1. The SMILES string of the molecule is CCOC(=O)[C@@H]1CCC[NH+]([C@@H](C)C(=O)Nc2ccc(C#N)cc2)C1. The molecule has 24 heavy (non-hydrogen) atoms. The lowest BCUT2D eigenvalue weighted by molar-refractivity contribution is -0.921. The van der Waals surface area contributed by atoms with Crippen molar-refractivity contribution in [2.24, 2.45) is 5.92 Å². The molecule has 6 heteroatoms. The van der Waals surface area contributed by atoms with Crippen LogP contribution in [-0.4, -0.2) is 37.6 Å². The zero-order chi connectivity index (χ0) is 17.5. The lowest BCUT2D eigenvalue weighted by Crippen LogP contribution is -3.18. The molecule has 1 unspecified atom stereocenters. The molecule has 0 saturated carbocycles. The molecular weight excluding hydrogens is 306 g/mol. The number of benzene rings is 1. The van der Waals surface area contributed by atoms with E-state index >= 15 is 0 Å². The zero-order valence-corrected chi connectivity index (χ0v) is 14.2. The summed E-state index contributed by atoms with van der Waals surface area (Å²) < 4.78 is 5.11. The monoisotopic (exact) mass is 330 g/mol. The summed E-state index contributed by atoms with van der Waals surface area (Å²) in [6.07, 6.45) is 1.74. The highest BCUT2D eigenvalue weighted by atomic mass is 16.5. The van der Waals surface area contributed by atoms with Gasteiger partial charge in [-0.1, -0.05) is 0 Å². The van der Waals surface area contributed by atoms with E-state index in [9.17, 15) is 9.59 Å². The first-order valence-corrected chi connectivity index (χ1v) is 8.37. The third-order valence-corrected chi connectivity index (χ3v) is 4.47. The summed E-state index contributed by atoms with van der Waals surface area (Å²) in [6.45, 7) is 5.57. The fraction of sp³-hybridized carbons (Fsp3) is 0.500. The van der Waals surface area contributed by atoms with E-state index in [1.807, 2.05) is 13.0 Å². The van der Waals surface area contributed by atoms with Crippen LogP contribution < -0.4 is 10.2 Å². The Morgan fingerprint density at radius 3 is 2.75 bits per heavy atom. The van der Waals surface area contributed by atoms with Crippen molar-refractivity contribution in [1.82, 2.24) is 0 Å². The maximum absolute atomic E-state index is 12.5. The van der Waals surface area contributed by atoms with Gasteiger partial charge in [-0.3, -0.25) is 9.59 Å². The quantitative estimate of drug-likeness (QED) is 0.780. The van der Waals surface area contributed by atoms with E-state index < -0.39 is 0 Å². The molecule has 1 fully saturated rings. The first-order chi connectivity index (χ1) is 11.5. The van der Waals surface area contributed by atoms with Gasteiger partial charge in [0.15, 0.2) is 6.04 Å². The van der Waals surface area contributed by atoms with E-state index in [-0.39, 0.29) is 23.8 Å². The summed E-state index contributed by atoms with van der Waals surface area (Å²) in [6, 6.07) is 8.57. The van der Waals surface area contributed by atoms with Crippen molar-refractivity contribution < 1.29 is 19.2 Å². The first-order valence-electron chi connectivity index (χ1n) is 8.37. The van der Waals surface area contributed by atoms with Crippen LogP contribution in [-0.2, 0) is 14.3 Å². The molecule has 1 amide bonds. The summed E-state index contributed by atoms with van der Waals surface area (Å²) in [5.41, 5.74) is 1.23. The molecular formula is C18H24N3O3+. The van der Waals surface area contributed by atoms with Crippen molar-refractivity contribution in [3.63, 3.8) is 0 Å². The van der Waals surface area contributed by atoms with Gasteiger partial charge >= 0.3 is 5.97 Å². The van der Waals surface area contributed by atoms with Crippen molar-refractivity contribution in [2.45, 2.75) is 32.7 Å². The van der Waals surface area contributed by atoms with Crippen LogP contribution in [0.2, 0.25) is 0 Å². The second-order valence-electron chi connectivity index (χ2n) is 6.10. The van der Waals surface area contributed by atoms with Gasteiger partial charge in [-0.25, -0.2) is 0 Å². The molecule has 0 aromatic heterocycles. The van der Waals surface area contributed by atoms with E-state index in [2.05, 4.69) is 5.32 Å². The van der Waals surface area contributed by atoms with Gasteiger partial charge in [-0.15, -0.1) is 0 Å².